The van der Waals surface area contributed by atoms with Gasteiger partial charge in [-0.05, 0) is 22.3 Å². The zero-order chi connectivity index (χ0) is 24.2. The standard InChI is InChI=1S/C23H23F3N2O5/c1-13(23(24,25)26)11-27-21(31)19(10-20(29)30)28-22(32)33-12-18-16-8-4-2-6-14(16)15-7-3-5-9-17(15)18/h2-9,13,18-19H,10-12H2,1H3,(H,27,31)(H,28,32)(H,29,30). The van der Waals surface area contributed by atoms with Gasteiger partial charge in [-0.25, -0.2) is 4.79 Å². The first-order valence-corrected chi connectivity index (χ1v) is 10.3. The Kier molecular flexibility index (Phi) is 7.25. The highest BCUT2D eigenvalue weighted by Gasteiger charge is 2.36. The molecule has 2 unspecified atom stereocenters. The Morgan fingerprint density at radius 1 is 1.03 bits per heavy atom. The molecule has 176 valence electrons. The molecule has 0 aromatic heterocycles. The minimum atomic E-state index is -4.52. The van der Waals surface area contributed by atoms with Gasteiger partial charge in [0.05, 0.1) is 12.3 Å². The Hall–Kier alpha value is -3.56. The monoisotopic (exact) mass is 464 g/mol. The van der Waals surface area contributed by atoms with Crippen LogP contribution in [0.2, 0.25) is 0 Å². The number of hydrogen-bond donors (Lipinski definition) is 3. The maximum Gasteiger partial charge on any atom is 0.407 e. The van der Waals surface area contributed by atoms with Crippen LogP contribution in [0.1, 0.15) is 30.4 Å². The minimum absolute atomic E-state index is 0.0631. The summed E-state index contributed by atoms with van der Waals surface area (Å²) in [5, 5.41) is 13.2. The normalized spacial score (nSPS) is 14.5. The van der Waals surface area contributed by atoms with Crippen molar-refractivity contribution in [3.05, 3.63) is 59.7 Å². The number of fused-ring (bicyclic) bond motifs is 3. The van der Waals surface area contributed by atoms with Crippen molar-refractivity contribution in [2.24, 2.45) is 5.92 Å². The van der Waals surface area contributed by atoms with Gasteiger partial charge in [-0.15, -0.1) is 0 Å². The molecular weight excluding hydrogens is 441 g/mol. The van der Waals surface area contributed by atoms with Crippen LogP contribution in [-0.4, -0.2) is 48.4 Å². The minimum Gasteiger partial charge on any atom is -0.481 e. The average molecular weight is 464 g/mol. The van der Waals surface area contributed by atoms with Gasteiger partial charge in [-0.1, -0.05) is 55.5 Å². The van der Waals surface area contributed by atoms with Crippen LogP contribution in [-0.2, 0) is 14.3 Å². The summed E-state index contributed by atoms with van der Waals surface area (Å²) in [6, 6.07) is 13.7. The first kappa shape index (κ1) is 24.1. The maximum atomic E-state index is 12.6. The van der Waals surface area contributed by atoms with E-state index in [1.54, 1.807) is 0 Å². The molecule has 10 heteroatoms. The Bertz CT molecular complexity index is 995. The van der Waals surface area contributed by atoms with Crippen LogP contribution in [0.25, 0.3) is 11.1 Å². The van der Waals surface area contributed by atoms with Crippen molar-refractivity contribution in [2.75, 3.05) is 13.2 Å². The fourth-order valence-electron chi connectivity index (χ4n) is 3.66. The summed E-state index contributed by atoms with van der Waals surface area (Å²) in [5.41, 5.74) is 3.97. The summed E-state index contributed by atoms with van der Waals surface area (Å²) in [5.74, 6) is -4.52. The maximum absolute atomic E-state index is 12.6. The summed E-state index contributed by atoms with van der Waals surface area (Å²) >= 11 is 0. The number of carboxylic acid groups (broad SMARTS) is 1. The van der Waals surface area contributed by atoms with Crippen molar-refractivity contribution >= 4 is 18.0 Å². The number of ether oxygens (including phenoxy) is 1. The molecule has 1 aliphatic carbocycles. The number of carboxylic acids is 1. The third-order valence-corrected chi connectivity index (χ3v) is 5.47. The predicted molar refractivity (Wildman–Crippen MR) is 112 cm³/mol. The molecule has 0 fully saturated rings. The lowest BCUT2D eigenvalue weighted by Gasteiger charge is -2.20. The highest BCUT2D eigenvalue weighted by Crippen LogP contribution is 2.44. The molecule has 0 heterocycles. The fourth-order valence-corrected chi connectivity index (χ4v) is 3.66. The van der Waals surface area contributed by atoms with Crippen molar-refractivity contribution in [1.82, 2.24) is 10.6 Å². The number of alkyl halides is 3. The number of rotatable bonds is 8. The highest BCUT2D eigenvalue weighted by molar-refractivity contribution is 5.89. The van der Waals surface area contributed by atoms with E-state index < -0.39 is 49.1 Å². The quantitative estimate of drug-likeness (QED) is 0.553. The summed E-state index contributed by atoms with van der Waals surface area (Å²) in [7, 11) is 0. The smallest absolute Gasteiger partial charge is 0.407 e. The van der Waals surface area contributed by atoms with Gasteiger partial charge < -0.3 is 20.5 Å². The molecule has 0 spiro atoms. The van der Waals surface area contributed by atoms with E-state index in [2.05, 4.69) is 5.32 Å². The van der Waals surface area contributed by atoms with E-state index in [-0.39, 0.29) is 12.5 Å². The number of amides is 2. The lowest BCUT2D eigenvalue weighted by Crippen LogP contribution is -2.49. The summed E-state index contributed by atoms with van der Waals surface area (Å²) in [6.45, 7) is 0.0721. The molecule has 3 rings (SSSR count). The first-order valence-electron chi connectivity index (χ1n) is 10.3. The van der Waals surface area contributed by atoms with E-state index >= 15 is 0 Å². The highest BCUT2D eigenvalue weighted by atomic mass is 19.4. The van der Waals surface area contributed by atoms with E-state index in [0.717, 1.165) is 29.2 Å². The fraction of sp³-hybridized carbons (Fsp3) is 0.348. The number of carbonyl (C=O) groups excluding carboxylic acids is 2. The second kappa shape index (κ2) is 9.93. The van der Waals surface area contributed by atoms with Gasteiger partial charge in [0.1, 0.15) is 12.6 Å². The second-order valence-electron chi connectivity index (χ2n) is 7.81. The average Bonchev–Trinajstić information content (AvgIpc) is 3.08. The number of alkyl carbamates (subject to hydrolysis) is 1. The SMILES string of the molecule is CC(CNC(=O)C(CC(=O)O)NC(=O)OCC1c2ccccc2-c2ccccc21)C(F)(F)F. The third kappa shape index (κ3) is 5.82. The zero-order valence-corrected chi connectivity index (χ0v) is 17.7. The van der Waals surface area contributed by atoms with Gasteiger partial charge in [-0.3, -0.25) is 9.59 Å². The molecule has 3 N–H and O–H groups in total. The Morgan fingerprint density at radius 2 is 1.58 bits per heavy atom. The number of aliphatic carboxylic acids is 1. The predicted octanol–water partition coefficient (Wildman–Crippen LogP) is 3.68. The topological polar surface area (TPSA) is 105 Å². The third-order valence-electron chi connectivity index (χ3n) is 5.47. The van der Waals surface area contributed by atoms with E-state index in [0.29, 0.717) is 0 Å². The Labute approximate surface area is 187 Å². The molecule has 0 aliphatic heterocycles. The summed E-state index contributed by atoms with van der Waals surface area (Å²) in [6.07, 6.45) is -6.37. The molecular formula is C23H23F3N2O5. The number of nitrogens with one attached hydrogen (secondary N) is 2. The molecule has 2 aromatic rings. The second-order valence-corrected chi connectivity index (χ2v) is 7.81. The van der Waals surface area contributed by atoms with E-state index in [1.807, 2.05) is 53.8 Å². The van der Waals surface area contributed by atoms with Crippen LogP contribution in [0.5, 0.6) is 0 Å². The molecule has 1 aliphatic rings. The Balaban J connectivity index is 1.63. The molecule has 33 heavy (non-hydrogen) atoms. The zero-order valence-electron chi connectivity index (χ0n) is 17.7. The molecule has 2 atom stereocenters. The van der Waals surface area contributed by atoms with Crippen LogP contribution in [0.15, 0.2) is 48.5 Å². The van der Waals surface area contributed by atoms with Crippen molar-refractivity contribution < 1.29 is 37.4 Å². The van der Waals surface area contributed by atoms with Crippen molar-refractivity contribution in [1.29, 1.82) is 0 Å². The van der Waals surface area contributed by atoms with Gasteiger partial charge in [0, 0.05) is 12.5 Å². The largest absolute Gasteiger partial charge is 0.481 e. The van der Waals surface area contributed by atoms with Gasteiger partial charge in [0.2, 0.25) is 5.91 Å². The van der Waals surface area contributed by atoms with E-state index in [9.17, 15) is 27.6 Å². The molecule has 2 amide bonds. The van der Waals surface area contributed by atoms with Crippen LogP contribution in [0, 0.1) is 5.92 Å². The first-order chi connectivity index (χ1) is 15.6. The van der Waals surface area contributed by atoms with Crippen LogP contribution >= 0.6 is 0 Å². The lowest BCUT2D eigenvalue weighted by molar-refractivity contribution is -0.168. The molecule has 0 bridgehead atoms. The van der Waals surface area contributed by atoms with Crippen LogP contribution < -0.4 is 10.6 Å². The lowest BCUT2D eigenvalue weighted by atomic mass is 9.98. The van der Waals surface area contributed by atoms with Gasteiger partial charge in [0.15, 0.2) is 0 Å². The number of halogens is 3. The molecule has 2 aromatic carbocycles. The number of carbonyl (C=O) groups is 3. The van der Waals surface area contributed by atoms with Crippen LogP contribution in [0.3, 0.4) is 0 Å². The van der Waals surface area contributed by atoms with E-state index in [4.69, 9.17) is 9.84 Å². The van der Waals surface area contributed by atoms with Gasteiger partial charge in [-0.2, -0.15) is 13.2 Å². The van der Waals surface area contributed by atoms with Crippen molar-refractivity contribution in [3.8, 4) is 11.1 Å². The van der Waals surface area contributed by atoms with Crippen molar-refractivity contribution in [2.45, 2.75) is 31.5 Å². The molecule has 7 nitrogen and oxygen atoms in total. The van der Waals surface area contributed by atoms with Crippen LogP contribution in [0.4, 0.5) is 18.0 Å². The Morgan fingerprint density at radius 3 is 2.09 bits per heavy atom. The number of hydrogen-bond acceptors (Lipinski definition) is 4. The molecule has 0 saturated carbocycles. The van der Waals surface area contributed by atoms with Gasteiger partial charge >= 0.3 is 18.2 Å². The van der Waals surface area contributed by atoms with E-state index in [1.165, 1.54) is 0 Å². The van der Waals surface area contributed by atoms with Gasteiger partial charge in [0.25, 0.3) is 0 Å². The summed E-state index contributed by atoms with van der Waals surface area (Å²) < 4.78 is 43.2. The number of benzene rings is 2. The molecule has 0 radical (unpaired) electrons. The van der Waals surface area contributed by atoms with Crippen molar-refractivity contribution in [3.63, 3.8) is 0 Å². The summed E-state index contributed by atoms with van der Waals surface area (Å²) in [4.78, 5) is 35.6. The molecule has 0 saturated heterocycles.